The number of rotatable bonds is 7. The standard InChI is InChI=1S/C16H22O9/c1-23-11-6-8(2-3-10(11)19)9(18)4-5-24-16-15(22)14(21)13(20)12(7-17)25-16/h2-3,6,12-17,19-22H,4-5,7H2,1H3/t12-,13-,14+,15-,16-/m1/s1. The summed E-state index contributed by atoms with van der Waals surface area (Å²) in [6.45, 7) is -0.679. The average Bonchev–Trinajstić information content (AvgIpc) is 2.61. The maximum atomic E-state index is 12.1. The molecule has 0 saturated carbocycles. The first kappa shape index (κ1) is 19.6. The van der Waals surface area contributed by atoms with Gasteiger partial charge in [-0.1, -0.05) is 0 Å². The summed E-state index contributed by atoms with van der Waals surface area (Å²) in [5, 5.41) is 47.8. The summed E-state index contributed by atoms with van der Waals surface area (Å²) in [5.41, 5.74) is 0.312. The summed E-state index contributed by atoms with van der Waals surface area (Å²) in [6.07, 6.45) is -6.91. The summed E-state index contributed by atoms with van der Waals surface area (Å²) in [6, 6.07) is 4.17. The fraction of sp³-hybridized carbons (Fsp3) is 0.562. The van der Waals surface area contributed by atoms with Crippen molar-refractivity contribution in [3.63, 3.8) is 0 Å². The number of hydrogen-bond acceptors (Lipinski definition) is 9. The van der Waals surface area contributed by atoms with Gasteiger partial charge < -0.3 is 39.7 Å². The van der Waals surface area contributed by atoms with Crippen molar-refractivity contribution < 1.29 is 44.5 Å². The first-order chi connectivity index (χ1) is 11.9. The lowest BCUT2D eigenvalue weighted by Crippen LogP contribution is -2.59. The smallest absolute Gasteiger partial charge is 0.186 e. The van der Waals surface area contributed by atoms with Crippen LogP contribution in [0.3, 0.4) is 0 Å². The van der Waals surface area contributed by atoms with E-state index in [4.69, 9.17) is 19.3 Å². The minimum atomic E-state index is -1.53. The average molecular weight is 358 g/mol. The molecule has 2 rings (SSSR count). The van der Waals surface area contributed by atoms with Crippen LogP contribution in [0.25, 0.3) is 0 Å². The minimum absolute atomic E-state index is 0.0526. The van der Waals surface area contributed by atoms with E-state index in [0.29, 0.717) is 5.56 Å². The number of ketones is 1. The zero-order valence-electron chi connectivity index (χ0n) is 13.6. The maximum Gasteiger partial charge on any atom is 0.186 e. The van der Waals surface area contributed by atoms with Crippen LogP contribution < -0.4 is 4.74 Å². The summed E-state index contributed by atoms with van der Waals surface area (Å²) >= 11 is 0. The number of phenolic OH excluding ortho intramolecular Hbond substituents is 1. The molecule has 9 nitrogen and oxygen atoms in total. The van der Waals surface area contributed by atoms with Gasteiger partial charge in [-0.15, -0.1) is 0 Å². The van der Waals surface area contributed by atoms with Crippen LogP contribution in [0.4, 0.5) is 0 Å². The molecule has 0 spiro atoms. The van der Waals surface area contributed by atoms with E-state index in [9.17, 15) is 25.2 Å². The highest BCUT2D eigenvalue weighted by Crippen LogP contribution is 2.27. The third-order valence-electron chi connectivity index (χ3n) is 3.96. The van der Waals surface area contributed by atoms with Crippen molar-refractivity contribution in [3.05, 3.63) is 23.8 Å². The third-order valence-corrected chi connectivity index (χ3v) is 3.96. The van der Waals surface area contributed by atoms with Gasteiger partial charge in [-0.25, -0.2) is 0 Å². The fourth-order valence-corrected chi connectivity index (χ4v) is 2.47. The quantitative estimate of drug-likeness (QED) is 0.379. The normalized spacial score (nSPS) is 29.4. The Morgan fingerprint density at radius 1 is 1.20 bits per heavy atom. The van der Waals surface area contributed by atoms with Crippen molar-refractivity contribution in [2.75, 3.05) is 20.3 Å². The molecule has 1 aromatic rings. The lowest BCUT2D eigenvalue weighted by Gasteiger charge is -2.39. The highest BCUT2D eigenvalue weighted by Gasteiger charge is 2.43. The third kappa shape index (κ3) is 4.46. The maximum absolute atomic E-state index is 12.1. The van der Waals surface area contributed by atoms with E-state index in [1.807, 2.05) is 0 Å². The Bertz CT molecular complexity index is 589. The molecule has 0 aromatic heterocycles. The van der Waals surface area contributed by atoms with Crippen molar-refractivity contribution in [3.8, 4) is 11.5 Å². The molecule has 0 bridgehead atoms. The Morgan fingerprint density at radius 2 is 1.92 bits per heavy atom. The van der Waals surface area contributed by atoms with Gasteiger partial charge in [0, 0.05) is 12.0 Å². The Labute approximate surface area is 144 Å². The number of benzene rings is 1. The molecule has 1 fully saturated rings. The van der Waals surface area contributed by atoms with Gasteiger partial charge in [-0.3, -0.25) is 4.79 Å². The van der Waals surface area contributed by atoms with E-state index in [2.05, 4.69) is 0 Å². The Balaban J connectivity index is 1.90. The summed E-state index contributed by atoms with van der Waals surface area (Å²) in [4.78, 5) is 12.1. The van der Waals surface area contributed by atoms with Gasteiger partial charge in [0.15, 0.2) is 23.6 Å². The summed E-state index contributed by atoms with van der Waals surface area (Å²) in [7, 11) is 1.37. The number of aliphatic hydroxyl groups excluding tert-OH is 4. The molecule has 1 aliphatic rings. The molecule has 5 atom stereocenters. The van der Waals surface area contributed by atoms with Gasteiger partial charge in [0.2, 0.25) is 0 Å². The number of Topliss-reactive ketones (excluding diaryl/α,β-unsaturated/α-hetero) is 1. The van der Waals surface area contributed by atoms with Crippen molar-refractivity contribution in [2.45, 2.75) is 37.1 Å². The highest BCUT2D eigenvalue weighted by atomic mass is 16.7. The van der Waals surface area contributed by atoms with E-state index in [-0.39, 0.29) is 30.3 Å². The van der Waals surface area contributed by atoms with Gasteiger partial charge in [-0.2, -0.15) is 0 Å². The molecule has 1 heterocycles. The Hall–Kier alpha value is -1.75. The van der Waals surface area contributed by atoms with Crippen LogP contribution in [-0.2, 0) is 9.47 Å². The number of phenols is 1. The second-order valence-corrected chi connectivity index (χ2v) is 5.63. The SMILES string of the molecule is COc1cc(C(=O)CCO[C@@H]2O[C@H](CO)[C@@H](O)[C@H](O)[C@H]2O)ccc1O. The minimum Gasteiger partial charge on any atom is -0.504 e. The number of aromatic hydroxyl groups is 1. The van der Waals surface area contributed by atoms with Crippen molar-refractivity contribution in [1.82, 2.24) is 0 Å². The Morgan fingerprint density at radius 3 is 2.56 bits per heavy atom. The van der Waals surface area contributed by atoms with Gasteiger partial charge >= 0.3 is 0 Å². The van der Waals surface area contributed by atoms with Crippen LogP contribution >= 0.6 is 0 Å². The number of carbonyl (C=O) groups is 1. The zero-order chi connectivity index (χ0) is 18.6. The van der Waals surface area contributed by atoms with Crippen LogP contribution in [0.2, 0.25) is 0 Å². The molecule has 0 unspecified atom stereocenters. The first-order valence-corrected chi connectivity index (χ1v) is 7.71. The van der Waals surface area contributed by atoms with Crippen molar-refractivity contribution in [2.24, 2.45) is 0 Å². The molecule has 1 saturated heterocycles. The molecule has 1 aromatic carbocycles. The monoisotopic (exact) mass is 358 g/mol. The Kier molecular flexibility index (Phi) is 6.71. The lowest BCUT2D eigenvalue weighted by atomic mass is 9.99. The summed E-state index contributed by atoms with van der Waals surface area (Å²) in [5.74, 6) is -0.208. The second kappa shape index (κ2) is 8.56. The number of carbonyl (C=O) groups excluding carboxylic acids is 1. The molecule has 5 N–H and O–H groups in total. The van der Waals surface area contributed by atoms with Crippen LogP contribution in [-0.4, -0.2) is 82.3 Å². The summed E-state index contributed by atoms with van der Waals surface area (Å²) < 4.78 is 15.4. The highest BCUT2D eigenvalue weighted by molar-refractivity contribution is 5.96. The van der Waals surface area contributed by atoms with E-state index >= 15 is 0 Å². The largest absolute Gasteiger partial charge is 0.504 e. The van der Waals surface area contributed by atoms with Gasteiger partial charge in [-0.05, 0) is 18.2 Å². The number of methoxy groups -OCH3 is 1. The van der Waals surface area contributed by atoms with Gasteiger partial charge in [0.05, 0.1) is 20.3 Å². The molecule has 9 heteroatoms. The van der Waals surface area contributed by atoms with Crippen molar-refractivity contribution >= 4 is 5.78 Å². The molecule has 25 heavy (non-hydrogen) atoms. The van der Waals surface area contributed by atoms with E-state index in [1.165, 1.54) is 25.3 Å². The van der Waals surface area contributed by atoms with Crippen molar-refractivity contribution in [1.29, 1.82) is 0 Å². The molecule has 0 aliphatic carbocycles. The van der Waals surface area contributed by atoms with Crippen LogP contribution in [0.15, 0.2) is 18.2 Å². The number of ether oxygens (including phenoxy) is 3. The molecule has 0 radical (unpaired) electrons. The number of hydrogen-bond donors (Lipinski definition) is 5. The van der Waals surface area contributed by atoms with Gasteiger partial charge in [0.25, 0.3) is 0 Å². The predicted molar refractivity (Wildman–Crippen MR) is 83.3 cm³/mol. The topological polar surface area (TPSA) is 146 Å². The second-order valence-electron chi connectivity index (χ2n) is 5.63. The van der Waals surface area contributed by atoms with Crippen LogP contribution in [0.1, 0.15) is 16.8 Å². The zero-order valence-corrected chi connectivity index (χ0v) is 13.6. The predicted octanol–water partition coefficient (Wildman–Crippen LogP) is -1.21. The lowest BCUT2D eigenvalue weighted by molar-refractivity contribution is -0.300. The molecule has 0 amide bonds. The van der Waals surface area contributed by atoms with E-state index in [1.54, 1.807) is 0 Å². The van der Waals surface area contributed by atoms with E-state index in [0.717, 1.165) is 0 Å². The number of aliphatic hydroxyl groups is 4. The molecule has 140 valence electrons. The van der Waals surface area contributed by atoms with Crippen LogP contribution in [0.5, 0.6) is 11.5 Å². The van der Waals surface area contributed by atoms with E-state index < -0.39 is 37.3 Å². The fourth-order valence-electron chi connectivity index (χ4n) is 2.47. The molecule has 1 aliphatic heterocycles. The van der Waals surface area contributed by atoms with Gasteiger partial charge in [0.1, 0.15) is 24.4 Å². The van der Waals surface area contributed by atoms with Crippen LogP contribution in [0, 0.1) is 0 Å². The molecular formula is C16H22O9. The molecular weight excluding hydrogens is 336 g/mol. The first-order valence-electron chi connectivity index (χ1n) is 7.71.